The van der Waals surface area contributed by atoms with Gasteiger partial charge >= 0.3 is 5.97 Å². The average molecular weight is 408 g/mol. The van der Waals surface area contributed by atoms with Crippen molar-refractivity contribution in [1.82, 2.24) is 0 Å². The molecule has 0 amide bonds. The summed E-state index contributed by atoms with van der Waals surface area (Å²) in [6, 6.07) is 9.46. The van der Waals surface area contributed by atoms with E-state index in [0.29, 0.717) is 27.1 Å². The molecule has 2 aromatic carbocycles. The molecule has 0 radical (unpaired) electrons. The van der Waals surface area contributed by atoms with Gasteiger partial charge in [-0.05, 0) is 45.3 Å². The van der Waals surface area contributed by atoms with Crippen LogP contribution in [0.15, 0.2) is 46.9 Å². The number of methoxy groups -OCH3 is 1. The first-order valence-corrected chi connectivity index (χ1v) is 7.84. The summed E-state index contributed by atoms with van der Waals surface area (Å²) in [6.45, 7) is 0.112. The van der Waals surface area contributed by atoms with Crippen LogP contribution in [0.3, 0.4) is 0 Å². The van der Waals surface area contributed by atoms with Crippen LogP contribution in [0.2, 0.25) is 0 Å². The van der Waals surface area contributed by atoms with Crippen molar-refractivity contribution in [2.75, 3.05) is 7.11 Å². The molecule has 0 saturated carbocycles. The maximum atomic E-state index is 10.8. The van der Waals surface area contributed by atoms with E-state index in [1.54, 1.807) is 24.3 Å². The van der Waals surface area contributed by atoms with E-state index in [9.17, 15) is 14.9 Å². The fraction of sp³-hybridized carbons (Fsp3) is 0.118. The van der Waals surface area contributed by atoms with Gasteiger partial charge in [-0.3, -0.25) is 10.1 Å². The van der Waals surface area contributed by atoms with Gasteiger partial charge in [-0.2, -0.15) is 0 Å². The van der Waals surface area contributed by atoms with Crippen LogP contribution in [0.25, 0.3) is 6.08 Å². The number of ether oxygens (including phenoxy) is 2. The molecule has 0 aliphatic heterocycles. The van der Waals surface area contributed by atoms with E-state index in [1.807, 2.05) is 0 Å². The molecule has 130 valence electrons. The molecule has 0 atom stereocenters. The minimum atomic E-state index is -1.05. The Labute approximate surface area is 151 Å². The van der Waals surface area contributed by atoms with Crippen molar-refractivity contribution in [3.8, 4) is 11.5 Å². The summed E-state index contributed by atoms with van der Waals surface area (Å²) < 4.78 is 11.6. The van der Waals surface area contributed by atoms with E-state index in [2.05, 4.69) is 15.9 Å². The molecule has 0 aliphatic rings. The standard InChI is InChI=1S/C17H14BrNO6/c1-24-15-9-11(5-6-16(20)21)8-14(18)17(15)25-10-12-3-2-4-13(7-12)19(22)23/h2-9H,10H2,1H3,(H,20,21)/b6-5+. The van der Waals surface area contributed by atoms with Crippen molar-refractivity contribution >= 4 is 33.7 Å². The molecule has 25 heavy (non-hydrogen) atoms. The summed E-state index contributed by atoms with van der Waals surface area (Å²) >= 11 is 3.36. The lowest BCUT2D eigenvalue weighted by Gasteiger charge is -2.13. The molecular formula is C17H14BrNO6. The Morgan fingerprint density at radius 1 is 1.36 bits per heavy atom. The van der Waals surface area contributed by atoms with Crippen LogP contribution in [0.4, 0.5) is 5.69 Å². The number of hydrogen-bond acceptors (Lipinski definition) is 5. The minimum absolute atomic E-state index is 0.0127. The number of carboxylic acid groups (broad SMARTS) is 1. The molecular weight excluding hydrogens is 394 g/mol. The van der Waals surface area contributed by atoms with Crippen molar-refractivity contribution in [2.24, 2.45) is 0 Å². The van der Waals surface area contributed by atoms with Crippen LogP contribution < -0.4 is 9.47 Å². The highest BCUT2D eigenvalue weighted by Crippen LogP contribution is 2.37. The summed E-state index contributed by atoms with van der Waals surface area (Å²) in [5, 5.41) is 19.5. The molecule has 2 rings (SSSR count). The van der Waals surface area contributed by atoms with Gasteiger partial charge < -0.3 is 14.6 Å². The zero-order chi connectivity index (χ0) is 18.4. The van der Waals surface area contributed by atoms with Gasteiger partial charge in [0.05, 0.1) is 16.5 Å². The molecule has 0 bridgehead atoms. The molecule has 0 fully saturated rings. The second-order valence-corrected chi connectivity index (χ2v) is 5.78. The zero-order valence-electron chi connectivity index (χ0n) is 13.1. The second-order valence-electron chi connectivity index (χ2n) is 4.92. The predicted octanol–water partition coefficient (Wildman–Crippen LogP) is 4.04. The molecule has 7 nitrogen and oxygen atoms in total. The minimum Gasteiger partial charge on any atom is -0.493 e. The van der Waals surface area contributed by atoms with Gasteiger partial charge in [0.15, 0.2) is 11.5 Å². The topological polar surface area (TPSA) is 98.9 Å². The summed E-state index contributed by atoms with van der Waals surface area (Å²) in [5.41, 5.74) is 1.24. The number of benzene rings is 2. The van der Waals surface area contributed by atoms with E-state index >= 15 is 0 Å². The Balaban J connectivity index is 2.23. The van der Waals surface area contributed by atoms with Gasteiger partial charge in [-0.1, -0.05) is 12.1 Å². The molecule has 0 heterocycles. The summed E-state index contributed by atoms with van der Waals surface area (Å²) in [5.74, 6) is -0.229. The summed E-state index contributed by atoms with van der Waals surface area (Å²) in [4.78, 5) is 21.0. The lowest BCUT2D eigenvalue weighted by Crippen LogP contribution is -2.00. The highest BCUT2D eigenvalue weighted by molar-refractivity contribution is 9.10. The van der Waals surface area contributed by atoms with Crippen LogP contribution in [-0.2, 0) is 11.4 Å². The van der Waals surface area contributed by atoms with Gasteiger partial charge in [0.25, 0.3) is 5.69 Å². The monoisotopic (exact) mass is 407 g/mol. The quantitative estimate of drug-likeness (QED) is 0.422. The van der Waals surface area contributed by atoms with Crippen molar-refractivity contribution in [3.05, 3.63) is 68.2 Å². The van der Waals surface area contributed by atoms with Crippen molar-refractivity contribution in [1.29, 1.82) is 0 Å². The molecule has 8 heteroatoms. The lowest BCUT2D eigenvalue weighted by atomic mass is 10.2. The van der Waals surface area contributed by atoms with E-state index in [4.69, 9.17) is 14.6 Å². The Bertz CT molecular complexity index is 834. The Kier molecular flexibility index (Phi) is 6.13. The van der Waals surface area contributed by atoms with Crippen LogP contribution >= 0.6 is 15.9 Å². The van der Waals surface area contributed by atoms with Gasteiger partial charge in [0, 0.05) is 18.2 Å². The van der Waals surface area contributed by atoms with Crippen molar-refractivity contribution in [2.45, 2.75) is 6.61 Å². The van der Waals surface area contributed by atoms with Crippen LogP contribution in [-0.4, -0.2) is 23.1 Å². The van der Waals surface area contributed by atoms with Crippen molar-refractivity contribution in [3.63, 3.8) is 0 Å². The van der Waals surface area contributed by atoms with Crippen LogP contribution in [0.5, 0.6) is 11.5 Å². The van der Waals surface area contributed by atoms with Gasteiger partial charge in [0.1, 0.15) is 6.61 Å². The number of rotatable bonds is 7. The molecule has 2 aromatic rings. The fourth-order valence-electron chi connectivity index (χ4n) is 2.06. The molecule has 0 aromatic heterocycles. The Morgan fingerprint density at radius 3 is 2.76 bits per heavy atom. The number of hydrogen-bond donors (Lipinski definition) is 1. The molecule has 0 aliphatic carbocycles. The number of carbonyl (C=O) groups is 1. The fourth-order valence-corrected chi connectivity index (χ4v) is 2.63. The first-order chi connectivity index (χ1) is 11.9. The van der Waals surface area contributed by atoms with Crippen LogP contribution in [0, 0.1) is 10.1 Å². The van der Waals surface area contributed by atoms with E-state index < -0.39 is 10.9 Å². The number of nitrogens with zero attached hydrogens (tertiary/aromatic N) is 1. The molecule has 1 N–H and O–H groups in total. The van der Waals surface area contributed by atoms with Crippen LogP contribution in [0.1, 0.15) is 11.1 Å². The lowest BCUT2D eigenvalue weighted by molar-refractivity contribution is -0.384. The number of carboxylic acids is 1. The van der Waals surface area contributed by atoms with E-state index in [0.717, 1.165) is 6.08 Å². The molecule has 0 unspecified atom stereocenters. The number of aliphatic carboxylic acids is 1. The first kappa shape index (κ1) is 18.5. The number of nitro benzene ring substituents is 1. The third-order valence-corrected chi connectivity index (χ3v) is 3.76. The van der Waals surface area contributed by atoms with E-state index in [-0.39, 0.29) is 12.3 Å². The average Bonchev–Trinajstić information content (AvgIpc) is 2.58. The second kappa shape index (κ2) is 8.29. The van der Waals surface area contributed by atoms with Gasteiger partial charge in [-0.25, -0.2) is 4.79 Å². The largest absolute Gasteiger partial charge is 0.493 e. The SMILES string of the molecule is COc1cc(/C=C/C(=O)O)cc(Br)c1OCc1cccc([N+](=O)[O-])c1. The molecule has 0 spiro atoms. The number of non-ortho nitro benzene ring substituents is 1. The summed E-state index contributed by atoms with van der Waals surface area (Å²) in [6.07, 6.45) is 2.45. The highest BCUT2D eigenvalue weighted by Gasteiger charge is 2.12. The Hall–Kier alpha value is -2.87. The van der Waals surface area contributed by atoms with Gasteiger partial charge in [-0.15, -0.1) is 0 Å². The van der Waals surface area contributed by atoms with Gasteiger partial charge in [0.2, 0.25) is 0 Å². The van der Waals surface area contributed by atoms with Crippen molar-refractivity contribution < 1.29 is 24.3 Å². The Morgan fingerprint density at radius 2 is 2.12 bits per heavy atom. The maximum Gasteiger partial charge on any atom is 0.328 e. The number of nitro groups is 1. The predicted molar refractivity (Wildman–Crippen MR) is 94.8 cm³/mol. The first-order valence-electron chi connectivity index (χ1n) is 7.05. The smallest absolute Gasteiger partial charge is 0.328 e. The normalized spacial score (nSPS) is 10.6. The maximum absolute atomic E-state index is 10.8. The third kappa shape index (κ3) is 5.05. The molecule has 0 saturated heterocycles. The third-order valence-electron chi connectivity index (χ3n) is 3.17. The highest BCUT2D eigenvalue weighted by atomic mass is 79.9. The summed E-state index contributed by atoms with van der Waals surface area (Å²) in [7, 11) is 1.46. The number of halogens is 1. The van der Waals surface area contributed by atoms with E-state index in [1.165, 1.54) is 25.3 Å². The zero-order valence-corrected chi connectivity index (χ0v) is 14.7.